The number of nitrogen functional groups attached to an aromatic ring is 1. The third-order valence-electron chi connectivity index (χ3n) is 3.24. The van der Waals surface area contributed by atoms with Crippen molar-refractivity contribution in [1.29, 1.82) is 0 Å². The molecule has 1 atom stereocenters. The molecule has 96 valence electrons. The smallest absolute Gasteiger partial charge is 0.201 e. The van der Waals surface area contributed by atoms with Crippen LogP contribution >= 0.6 is 0 Å². The van der Waals surface area contributed by atoms with Gasteiger partial charge in [0.15, 0.2) is 0 Å². The van der Waals surface area contributed by atoms with Crippen LogP contribution in [0.5, 0.6) is 0 Å². The Balaban J connectivity index is 2.16. The van der Waals surface area contributed by atoms with Gasteiger partial charge in [-0.3, -0.25) is 4.98 Å². The number of hydrogen-bond acceptors (Lipinski definition) is 3. The van der Waals surface area contributed by atoms with Crippen LogP contribution in [-0.2, 0) is 0 Å². The standard InChI is InChI=1S/C14H13FN4/c1-9(10-3-2-4-11(15)7-10)19-13-5-6-17-8-12(13)18-14(19)16/h2-9H,1H3,(H2,16,18). The zero-order valence-electron chi connectivity index (χ0n) is 10.4. The molecule has 0 bridgehead atoms. The largest absolute Gasteiger partial charge is 0.369 e. The maximum absolute atomic E-state index is 13.3. The highest BCUT2D eigenvalue weighted by Gasteiger charge is 2.15. The monoisotopic (exact) mass is 256 g/mol. The van der Waals surface area contributed by atoms with Gasteiger partial charge in [0.25, 0.3) is 0 Å². The molecular weight excluding hydrogens is 243 g/mol. The Morgan fingerprint density at radius 3 is 2.95 bits per heavy atom. The number of fused-ring (bicyclic) bond motifs is 1. The molecule has 2 N–H and O–H groups in total. The van der Waals surface area contributed by atoms with E-state index in [2.05, 4.69) is 9.97 Å². The maximum Gasteiger partial charge on any atom is 0.201 e. The summed E-state index contributed by atoms with van der Waals surface area (Å²) in [6.07, 6.45) is 3.36. The van der Waals surface area contributed by atoms with E-state index in [0.717, 1.165) is 16.6 Å². The van der Waals surface area contributed by atoms with E-state index in [1.807, 2.05) is 23.6 Å². The van der Waals surface area contributed by atoms with E-state index in [9.17, 15) is 4.39 Å². The number of pyridine rings is 1. The van der Waals surface area contributed by atoms with Gasteiger partial charge in [0.05, 0.1) is 17.8 Å². The first-order valence-corrected chi connectivity index (χ1v) is 5.99. The summed E-state index contributed by atoms with van der Waals surface area (Å²) in [6, 6.07) is 8.27. The average Bonchev–Trinajstić information content (AvgIpc) is 2.74. The highest BCUT2D eigenvalue weighted by molar-refractivity contribution is 5.77. The molecule has 2 heterocycles. The lowest BCUT2D eigenvalue weighted by atomic mass is 10.1. The van der Waals surface area contributed by atoms with E-state index in [1.54, 1.807) is 18.5 Å². The first-order valence-electron chi connectivity index (χ1n) is 5.99. The number of rotatable bonds is 2. The van der Waals surface area contributed by atoms with Gasteiger partial charge < -0.3 is 10.3 Å². The molecule has 0 spiro atoms. The number of aromatic nitrogens is 3. The Morgan fingerprint density at radius 2 is 2.16 bits per heavy atom. The first-order chi connectivity index (χ1) is 9.16. The molecule has 3 aromatic rings. The van der Waals surface area contributed by atoms with Crippen molar-refractivity contribution in [2.24, 2.45) is 0 Å². The van der Waals surface area contributed by atoms with Gasteiger partial charge in [-0.25, -0.2) is 9.37 Å². The summed E-state index contributed by atoms with van der Waals surface area (Å²) in [5.74, 6) is 0.147. The minimum atomic E-state index is -0.256. The Bertz CT molecular complexity index is 735. The fourth-order valence-corrected chi connectivity index (χ4v) is 2.29. The summed E-state index contributed by atoms with van der Waals surface area (Å²) in [5.41, 5.74) is 8.44. The van der Waals surface area contributed by atoms with Crippen LogP contribution < -0.4 is 5.73 Å². The predicted molar refractivity (Wildman–Crippen MR) is 72.2 cm³/mol. The topological polar surface area (TPSA) is 56.7 Å². The molecule has 19 heavy (non-hydrogen) atoms. The Kier molecular flexibility index (Phi) is 2.67. The molecule has 4 nitrogen and oxygen atoms in total. The lowest BCUT2D eigenvalue weighted by molar-refractivity contribution is 0.612. The van der Waals surface area contributed by atoms with E-state index >= 15 is 0 Å². The molecule has 3 rings (SSSR count). The number of halogens is 1. The van der Waals surface area contributed by atoms with Crippen LogP contribution in [0.25, 0.3) is 11.0 Å². The van der Waals surface area contributed by atoms with Crippen LogP contribution in [0.1, 0.15) is 18.5 Å². The summed E-state index contributed by atoms with van der Waals surface area (Å²) in [4.78, 5) is 8.29. The second-order valence-electron chi connectivity index (χ2n) is 4.44. The highest BCUT2D eigenvalue weighted by Crippen LogP contribution is 2.26. The number of hydrogen-bond donors (Lipinski definition) is 1. The van der Waals surface area contributed by atoms with Crippen molar-refractivity contribution in [1.82, 2.24) is 14.5 Å². The molecule has 0 saturated carbocycles. The van der Waals surface area contributed by atoms with Crippen molar-refractivity contribution in [3.05, 3.63) is 54.1 Å². The highest BCUT2D eigenvalue weighted by atomic mass is 19.1. The zero-order valence-corrected chi connectivity index (χ0v) is 10.4. The number of anilines is 1. The van der Waals surface area contributed by atoms with Crippen molar-refractivity contribution in [2.75, 3.05) is 5.73 Å². The van der Waals surface area contributed by atoms with Crippen LogP contribution in [0.3, 0.4) is 0 Å². The molecule has 0 amide bonds. The van der Waals surface area contributed by atoms with Crippen molar-refractivity contribution in [3.8, 4) is 0 Å². The zero-order chi connectivity index (χ0) is 13.4. The van der Waals surface area contributed by atoms with Gasteiger partial charge in [0.1, 0.15) is 11.3 Å². The molecule has 0 radical (unpaired) electrons. The lowest BCUT2D eigenvalue weighted by Gasteiger charge is -2.16. The molecule has 5 heteroatoms. The van der Waals surface area contributed by atoms with Gasteiger partial charge in [-0.1, -0.05) is 12.1 Å². The summed E-state index contributed by atoms with van der Waals surface area (Å²) in [5, 5.41) is 0. The number of nitrogens with two attached hydrogens (primary N) is 1. The molecule has 0 aliphatic carbocycles. The molecule has 1 aromatic carbocycles. The lowest BCUT2D eigenvalue weighted by Crippen LogP contribution is -2.10. The Hall–Kier alpha value is -2.43. The number of imidazole rings is 1. The van der Waals surface area contributed by atoms with Crippen LogP contribution in [0.4, 0.5) is 10.3 Å². The third-order valence-corrected chi connectivity index (χ3v) is 3.24. The van der Waals surface area contributed by atoms with Gasteiger partial charge in [-0.05, 0) is 30.7 Å². The van der Waals surface area contributed by atoms with Gasteiger partial charge in [-0.15, -0.1) is 0 Å². The fourth-order valence-electron chi connectivity index (χ4n) is 2.29. The van der Waals surface area contributed by atoms with Gasteiger partial charge in [0, 0.05) is 6.20 Å². The van der Waals surface area contributed by atoms with Gasteiger partial charge in [-0.2, -0.15) is 0 Å². The molecular formula is C14H13FN4. The van der Waals surface area contributed by atoms with E-state index < -0.39 is 0 Å². The predicted octanol–water partition coefficient (Wildman–Crippen LogP) is 2.76. The quantitative estimate of drug-likeness (QED) is 0.767. The fraction of sp³-hybridized carbons (Fsp3) is 0.143. The molecule has 0 saturated heterocycles. The summed E-state index contributed by atoms with van der Waals surface area (Å²) in [7, 11) is 0. The second kappa shape index (κ2) is 4.35. The van der Waals surface area contributed by atoms with Crippen LogP contribution in [0.2, 0.25) is 0 Å². The molecule has 1 unspecified atom stereocenters. The normalized spacial score (nSPS) is 12.7. The van der Waals surface area contributed by atoms with Crippen molar-refractivity contribution in [2.45, 2.75) is 13.0 Å². The summed E-state index contributed by atoms with van der Waals surface area (Å²) >= 11 is 0. The van der Waals surface area contributed by atoms with Gasteiger partial charge >= 0.3 is 0 Å². The van der Waals surface area contributed by atoms with E-state index in [-0.39, 0.29) is 11.9 Å². The van der Waals surface area contributed by atoms with E-state index in [0.29, 0.717) is 5.95 Å². The molecule has 0 aliphatic heterocycles. The number of benzene rings is 1. The minimum absolute atomic E-state index is 0.0944. The average molecular weight is 256 g/mol. The Labute approximate surface area is 109 Å². The van der Waals surface area contributed by atoms with Gasteiger partial charge in [0.2, 0.25) is 5.95 Å². The second-order valence-corrected chi connectivity index (χ2v) is 4.44. The van der Waals surface area contributed by atoms with Crippen LogP contribution in [0.15, 0.2) is 42.7 Å². The van der Waals surface area contributed by atoms with Crippen LogP contribution in [0, 0.1) is 5.82 Å². The summed E-state index contributed by atoms with van der Waals surface area (Å²) < 4.78 is 15.2. The molecule has 0 fully saturated rings. The van der Waals surface area contributed by atoms with Crippen molar-refractivity contribution >= 4 is 17.0 Å². The maximum atomic E-state index is 13.3. The summed E-state index contributed by atoms with van der Waals surface area (Å²) in [6.45, 7) is 1.96. The van der Waals surface area contributed by atoms with E-state index in [1.165, 1.54) is 12.1 Å². The Morgan fingerprint density at radius 1 is 1.32 bits per heavy atom. The minimum Gasteiger partial charge on any atom is -0.369 e. The molecule has 2 aromatic heterocycles. The van der Waals surface area contributed by atoms with Crippen molar-refractivity contribution in [3.63, 3.8) is 0 Å². The van der Waals surface area contributed by atoms with E-state index in [4.69, 9.17) is 5.73 Å². The van der Waals surface area contributed by atoms with Crippen molar-refractivity contribution < 1.29 is 4.39 Å². The third kappa shape index (κ3) is 1.93. The number of nitrogens with zero attached hydrogens (tertiary/aromatic N) is 3. The van der Waals surface area contributed by atoms with Crippen LogP contribution in [-0.4, -0.2) is 14.5 Å². The first kappa shape index (κ1) is 11.6. The molecule has 0 aliphatic rings. The SMILES string of the molecule is CC(c1cccc(F)c1)n1c(N)nc2cnccc21.